The third-order valence-electron chi connectivity index (χ3n) is 3.10. The number of hydrogen-bond acceptors (Lipinski definition) is 5. The van der Waals surface area contributed by atoms with Gasteiger partial charge in [-0.05, 0) is 37.3 Å². The Morgan fingerprint density at radius 3 is 2.52 bits per heavy atom. The molecule has 0 amide bonds. The second kappa shape index (κ2) is 8.41. The van der Waals surface area contributed by atoms with Crippen LogP contribution in [0.1, 0.15) is 38.0 Å². The smallest absolute Gasteiger partial charge is 0.335 e. The molecule has 21 heavy (non-hydrogen) atoms. The summed E-state index contributed by atoms with van der Waals surface area (Å²) in [5.41, 5.74) is 2.09. The Bertz CT molecular complexity index is 475. The molecular weight excluding hydrogens is 286 g/mol. The summed E-state index contributed by atoms with van der Waals surface area (Å²) in [6.45, 7) is 8.05. The number of benzene rings is 1. The number of ether oxygens (including phenoxy) is 1. The lowest BCUT2D eigenvalue weighted by molar-refractivity contribution is -0.158. The second-order valence-electron chi connectivity index (χ2n) is 5.39. The summed E-state index contributed by atoms with van der Waals surface area (Å²) in [6, 6.07) is 6.34. The highest BCUT2D eigenvalue weighted by atomic mass is 32.2. The Morgan fingerprint density at radius 2 is 2.05 bits per heavy atom. The zero-order valence-electron chi connectivity index (χ0n) is 13.3. The van der Waals surface area contributed by atoms with E-state index in [-0.39, 0.29) is 0 Å². The molecular formula is C16H25NO3S. The minimum Gasteiger partial charge on any atom is -0.454 e. The molecule has 0 aromatic heterocycles. The Labute approximate surface area is 131 Å². The van der Waals surface area contributed by atoms with Crippen molar-refractivity contribution in [3.63, 3.8) is 0 Å². The van der Waals surface area contributed by atoms with Crippen LogP contribution < -0.4 is 5.32 Å². The predicted molar refractivity (Wildman–Crippen MR) is 86.6 cm³/mol. The van der Waals surface area contributed by atoms with Crippen molar-refractivity contribution in [2.45, 2.75) is 50.8 Å². The molecule has 0 spiro atoms. The summed E-state index contributed by atoms with van der Waals surface area (Å²) in [7, 11) is 0. The summed E-state index contributed by atoms with van der Waals surface area (Å²) in [5.74, 6) is -0.600. The third-order valence-corrected chi connectivity index (χ3v) is 4.00. The van der Waals surface area contributed by atoms with Gasteiger partial charge in [0.1, 0.15) is 12.2 Å². The van der Waals surface area contributed by atoms with E-state index in [4.69, 9.17) is 4.74 Å². The predicted octanol–water partition coefficient (Wildman–Crippen LogP) is 2.68. The minimum atomic E-state index is -1.11. The van der Waals surface area contributed by atoms with E-state index < -0.39 is 18.2 Å². The van der Waals surface area contributed by atoms with Crippen molar-refractivity contribution < 1.29 is 14.6 Å². The van der Waals surface area contributed by atoms with Crippen molar-refractivity contribution in [3.05, 3.63) is 29.3 Å². The van der Waals surface area contributed by atoms with Crippen molar-refractivity contribution in [3.8, 4) is 0 Å². The van der Waals surface area contributed by atoms with Gasteiger partial charge in [0.2, 0.25) is 0 Å². The molecule has 5 heteroatoms. The lowest BCUT2D eigenvalue weighted by atomic mass is 10.1. The first kappa shape index (κ1) is 18.0. The number of nitrogens with one attached hydrogen (secondary N) is 1. The highest BCUT2D eigenvalue weighted by Crippen LogP contribution is 2.25. The Balaban J connectivity index is 2.93. The number of rotatable bonds is 7. The fourth-order valence-electron chi connectivity index (χ4n) is 1.91. The second-order valence-corrected chi connectivity index (χ2v) is 6.24. The maximum atomic E-state index is 11.7. The molecule has 0 aliphatic heterocycles. The Kier molecular flexibility index (Phi) is 7.22. The maximum Gasteiger partial charge on any atom is 0.335 e. The van der Waals surface area contributed by atoms with Gasteiger partial charge in [-0.25, -0.2) is 4.79 Å². The summed E-state index contributed by atoms with van der Waals surface area (Å²) in [4.78, 5) is 12.9. The number of aliphatic hydroxyl groups excluding tert-OH is 1. The average molecular weight is 311 g/mol. The zero-order valence-corrected chi connectivity index (χ0v) is 14.2. The molecule has 1 aromatic rings. The topological polar surface area (TPSA) is 58.6 Å². The molecule has 0 heterocycles. The highest BCUT2D eigenvalue weighted by molar-refractivity contribution is 7.98. The third kappa shape index (κ3) is 5.69. The largest absolute Gasteiger partial charge is 0.454 e. The van der Waals surface area contributed by atoms with Gasteiger partial charge in [-0.1, -0.05) is 26.0 Å². The highest BCUT2D eigenvalue weighted by Gasteiger charge is 2.20. The number of aliphatic hydroxyl groups is 1. The molecule has 0 fully saturated rings. The van der Waals surface area contributed by atoms with E-state index in [0.29, 0.717) is 12.6 Å². The molecule has 0 aliphatic carbocycles. The summed E-state index contributed by atoms with van der Waals surface area (Å²) in [5, 5.41) is 12.6. The van der Waals surface area contributed by atoms with Crippen LogP contribution in [-0.4, -0.2) is 36.0 Å². The van der Waals surface area contributed by atoms with Gasteiger partial charge in [-0.15, -0.1) is 11.8 Å². The average Bonchev–Trinajstić information content (AvgIpc) is 2.42. The van der Waals surface area contributed by atoms with Crippen LogP contribution >= 0.6 is 11.8 Å². The van der Waals surface area contributed by atoms with Crippen LogP contribution in [0.2, 0.25) is 0 Å². The number of esters is 1. The van der Waals surface area contributed by atoms with Gasteiger partial charge >= 0.3 is 5.97 Å². The van der Waals surface area contributed by atoms with Gasteiger partial charge in [-0.3, -0.25) is 0 Å². The summed E-state index contributed by atoms with van der Waals surface area (Å²) >= 11 is 1.69. The molecule has 2 atom stereocenters. The van der Waals surface area contributed by atoms with Gasteiger partial charge < -0.3 is 15.2 Å². The zero-order chi connectivity index (χ0) is 16.0. The SMILES string of the molecule is CSc1ccc(C(CNC(C)C)OC(=O)C(C)O)cc1C. The van der Waals surface area contributed by atoms with Crippen molar-refractivity contribution in [1.82, 2.24) is 5.32 Å². The van der Waals surface area contributed by atoms with Crippen LogP contribution in [0, 0.1) is 6.92 Å². The van der Waals surface area contributed by atoms with Crippen LogP contribution in [0.25, 0.3) is 0 Å². The van der Waals surface area contributed by atoms with E-state index in [1.165, 1.54) is 11.8 Å². The maximum absolute atomic E-state index is 11.7. The lowest BCUT2D eigenvalue weighted by Crippen LogP contribution is -2.32. The molecule has 118 valence electrons. The number of carbonyl (C=O) groups excluding carboxylic acids is 1. The Morgan fingerprint density at radius 1 is 1.38 bits per heavy atom. The van der Waals surface area contributed by atoms with E-state index in [0.717, 1.165) is 11.1 Å². The van der Waals surface area contributed by atoms with Gasteiger partial charge in [0.25, 0.3) is 0 Å². The van der Waals surface area contributed by atoms with Gasteiger partial charge in [-0.2, -0.15) is 0 Å². The van der Waals surface area contributed by atoms with E-state index >= 15 is 0 Å². The van der Waals surface area contributed by atoms with E-state index in [1.807, 2.05) is 45.2 Å². The van der Waals surface area contributed by atoms with Crippen LogP contribution in [0.3, 0.4) is 0 Å². The van der Waals surface area contributed by atoms with E-state index in [1.54, 1.807) is 11.8 Å². The number of aryl methyl sites for hydroxylation is 1. The molecule has 1 aromatic carbocycles. The molecule has 0 saturated carbocycles. The van der Waals surface area contributed by atoms with E-state index in [9.17, 15) is 9.90 Å². The molecule has 2 unspecified atom stereocenters. The molecule has 0 saturated heterocycles. The van der Waals surface area contributed by atoms with Crippen molar-refractivity contribution >= 4 is 17.7 Å². The van der Waals surface area contributed by atoms with Gasteiger partial charge in [0.05, 0.1) is 0 Å². The number of thioether (sulfide) groups is 1. The number of carbonyl (C=O) groups is 1. The van der Waals surface area contributed by atoms with Crippen molar-refractivity contribution in [2.75, 3.05) is 12.8 Å². The van der Waals surface area contributed by atoms with Crippen molar-refractivity contribution in [1.29, 1.82) is 0 Å². The van der Waals surface area contributed by atoms with Gasteiger partial charge in [0, 0.05) is 17.5 Å². The van der Waals surface area contributed by atoms with Crippen LogP contribution in [0.15, 0.2) is 23.1 Å². The van der Waals surface area contributed by atoms with Crippen LogP contribution in [0.5, 0.6) is 0 Å². The first-order valence-corrected chi connectivity index (χ1v) is 8.34. The standard InChI is InChI=1S/C16H25NO3S/c1-10(2)17-9-14(20-16(19)12(4)18)13-6-7-15(21-5)11(3)8-13/h6-8,10,12,14,17-18H,9H2,1-5H3. The summed E-state index contributed by atoms with van der Waals surface area (Å²) < 4.78 is 5.42. The first-order chi connectivity index (χ1) is 9.85. The molecule has 0 aliphatic rings. The molecule has 2 N–H and O–H groups in total. The quantitative estimate of drug-likeness (QED) is 0.599. The Hall–Kier alpha value is -1.04. The molecule has 0 bridgehead atoms. The van der Waals surface area contributed by atoms with Gasteiger partial charge in [0.15, 0.2) is 0 Å². The molecule has 4 nitrogen and oxygen atoms in total. The normalized spacial score (nSPS) is 14.0. The van der Waals surface area contributed by atoms with Crippen molar-refractivity contribution in [2.24, 2.45) is 0 Å². The van der Waals surface area contributed by atoms with Crippen LogP contribution in [-0.2, 0) is 9.53 Å². The van der Waals surface area contributed by atoms with Crippen LogP contribution in [0.4, 0.5) is 0 Å². The minimum absolute atomic E-state index is 0.296. The summed E-state index contributed by atoms with van der Waals surface area (Å²) in [6.07, 6.45) is 0.523. The molecule has 1 rings (SSSR count). The fraction of sp³-hybridized carbons (Fsp3) is 0.562. The molecule has 0 radical (unpaired) electrons. The fourth-order valence-corrected chi connectivity index (χ4v) is 2.50. The van der Waals surface area contributed by atoms with E-state index in [2.05, 4.69) is 5.32 Å². The monoisotopic (exact) mass is 311 g/mol. The lowest BCUT2D eigenvalue weighted by Gasteiger charge is -2.22. The number of hydrogen-bond donors (Lipinski definition) is 2. The first-order valence-electron chi connectivity index (χ1n) is 7.11.